The molecular weight excluding hydrogens is 371 g/mol. The fourth-order valence-corrected chi connectivity index (χ4v) is 2.61. The van der Waals surface area contributed by atoms with Gasteiger partial charge in [-0.1, -0.05) is 12.1 Å². The van der Waals surface area contributed by atoms with Gasteiger partial charge in [0, 0.05) is 11.8 Å². The predicted octanol–water partition coefficient (Wildman–Crippen LogP) is 3.67. The van der Waals surface area contributed by atoms with Gasteiger partial charge < -0.3 is 10.1 Å². The van der Waals surface area contributed by atoms with Crippen molar-refractivity contribution in [3.8, 4) is 5.75 Å². The molecule has 0 heterocycles. The molecule has 0 saturated heterocycles. The number of rotatable bonds is 5. The summed E-state index contributed by atoms with van der Waals surface area (Å²) in [5, 5.41) is 2.46. The van der Waals surface area contributed by atoms with Gasteiger partial charge in [0.25, 0.3) is 5.91 Å². The number of nitrogens with one attached hydrogen (secondary N) is 1. The van der Waals surface area contributed by atoms with Crippen LogP contribution in [0.25, 0.3) is 0 Å². The standard InChI is InChI=1S/C17H16F3NO4S/c1-11(17(18,19)20)25-15-6-4-3-5-14(15)21-16(22)12-7-9-13(10-8-12)26(2,23)24/h3-11H,1-2H3,(H,21,22). The number of benzene rings is 2. The van der Waals surface area contributed by atoms with Crippen LogP contribution in [0.3, 0.4) is 0 Å². The zero-order valence-electron chi connectivity index (χ0n) is 13.9. The van der Waals surface area contributed by atoms with Gasteiger partial charge in [0.2, 0.25) is 0 Å². The third kappa shape index (κ3) is 4.98. The molecule has 140 valence electrons. The zero-order chi connectivity index (χ0) is 19.5. The number of ether oxygens (including phenoxy) is 1. The van der Waals surface area contributed by atoms with E-state index in [9.17, 15) is 26.4 Å². The van der Waals surface area contributed by atoms with Gasteiger partial charge in [0.05, 0.1) is 10.6 Å². The summed E-state index contributed by atoms with van der Waals surface area (Å²) >= 11 is 0. The van der Waals surface area contributed by atoms with Gasteiger partial charge in [-0.3, -0.25) is 4.79 Å². The molecule has 26 heavy (non-hydrogen) atoms. The summed E-state index contributed by atoms with van der Waals surface area (Å²) in [6.07, 6.45) is -5.55. The molecule has 0 fully saturated rings. The second kappa shape index (κ2) is 7.36. The average Bonchev–Trinajstić information content (AvgIpc) is 2.55. The van der Waals surface area contributed by atoms with Gasteiger partial charge in [-0.2, -0.15) is 13.2 Å². The second-order valence-corrected chi connectivity index (χ2v) is 7.56. The highest BCUT2D eigenvalue weighted by Gasteiger charge is 2.38. The maximum absolute atomic E-state index is 12.7. The molecule has 2 aromatic carbocycles. The van der Waals surface area contributed by atoms with Gasteiger partial charge in [0.15, 0.2) is 15.9 Å². The molecule has 0 radical (unpaired) electrons. The number of anilines is 1. The Kier molecular flexibility index (Phi) is 5.60. The van der Waals surface area contributed by atoms with Crippen LogP contribution in [0.2, 0.25) is 0 Å². The van der Waals surface area contributed by atoms with Gasteiger partial charge in [0.1, 0.15) is 5.75 Å². The van der Waals surface area contributed by atoms with E-state index in [0.29, 0.717) is 0 Å². The van der Waals surface area contributed by atoms with Crippen molar-refractivity contribution in [3.63, 3.8) is 0 Å². The van der Waals surface area contributed by atoms with Crippen molar-refractivity contribution < 1.29 is 31.1 Å². The summed E-state index contributed by atoms with van der Waals surface area (Å²) < 4.78 is 65.7. The summed E-state index contributed by atoms with van der Waals surface area (Å²) in [5.74, 6) is -0.737. The number of hydrogen-bond acceptors (Lipinski definition) is 4. The van der Waals surface area contributed by atoms with Gasteiger partial charge in [-0.15, -0.1) is 0 Å². The number of alkyl halides is 3. The maximum atomic E-state index is 12.7. The molecule has 1 unspecified atom stereocenters. The highest BCUT2D eigenvalue weighted by molar-refractivity contribution is 7.90. The molecule has 2 rings (SSSR count). The average molecular weight is 387 g/mol. The van der Waals surface area contributed by atoms with Gasteiger partial charge in [-0.25, -0.2) is 8.42 Å². The van der Waals surface area contributed by atoms with Crippen LogP contribution in [0.1, 0.15) is 17.3 Å². The van der Waals surface area contributed by atoms with Crippen molar-refractivity contribution >= 4 is 21.4 Å². The van der Waals surface area contributed by atoms with Crippen molar-refractivity contribution in [2.75, 3.05) is 11.6 Å². The van der Waals surface area contributed by atoms with Gasteiger partial charge in [-0.05, 0) is 43.3 Å². The number of hydrogen-bond donors (Lipinski definition) is 1. The number of sulfone groups is 1. The first-order chi connectivity index (χ1) is 12.0. The van der Waals surface area contributed by atoms with Crippen molar-refractivity contribution in [3.05, 3.63) is 54.1 Å². The summed E-state index contributed by atoms with van der Waals surface area (Å²) in [4.78, 5) is 12.3. The Hall–Kier alpha value is -2.55. The lowest BCUT2D eigenvalue weighted by Gasteiger charge is -2.19. The number of halogens is 3. The van der Waals surface area contributed by atoms with Crippen molar-refractivity contribution in [2.24, 2.45) is 0 Å². The molecule has 1 atom stereocenters. The third-order valence-electron chi connectivity index (χ3n) is 3.44. The molecule has 5 nitrogen and oxygen atoms in total. The molecular formula is C17H16F3NO4S. The van der Waals surface area contributed by atoms with Crippen LogP contribution < -0.4 is 10.1 Å². The molecule has 0 aliphatic heterocycles. The van der Waals surface area contributed by atoms with Crippen LogP contribution in [-0.2, 0) is 9.84 Å². The molecule has 0 aliphatic rings. The molecule has 0 aromatic heterocycles. The Morgan fingerprint density at radius 1 is 1.08 bits per heavy atom. The summed E-state index contributed by atoms with van der Waals surface area (Å²) in [6, 6.07) is 10.9. The lowest BCUT2D eigenvalue weighted by Crippen LogP contribution is -2.31. The zero-order valence-corrected chi connectivity index (χ0v) is 14.7. The quantitative estimate of drug-likeness (QED) is 0.850. The summed E-state index contributed by atoms with van der Waals surface area (Å²) in [7, 11) is -3.40. The SMILES string of the molecule is CC(Oc1ccccc1NC(=O)c1ccc(S(C)(=O)=O)cc1)C(F)(F)F. The fraction of sp³-hybridized carbons (Fsp3) is 0.235. The minimum Gasteiger partial charge on any atom is -0.479 e. The van der Waals surface area contributed by atoms with E-state index >= 15 is 0 Å². The smallest absolute Gasteiger partial charge is 0.425 e. The Labute approximate surface area is 148 Å². The van der Waals surface area contributed by atoms with E-state index in [-0.39, 0.29) is 21.9 Å². The molecule has 0 saturated carbocycles. The van der Waals surface area contributed by atoms with Crippen LogP contribution >= 0.6 is 0 Å². The van der Waals surface area contributed by atoms with E-state index in [1.165, 1.54) is 48.5 Å². The predicted molar refractivity (Wildman–Crippen MR) is 90.1 cm³/mol. The van der Waals surface area contributed by atoms with Crippen molar-refractivity contribution in [1.29, 1.82) is 0 Å². The largest absolute Gasteiger partial charge is 0.479 e. The lowest BCUT2D eigenvalue weighted by molar-refractivity contribution is -0.189. The number of para-hydroxylation sites is 2. The first kappa shape index (κ1) is 19.8. The van der Waals surface area contributed by atoms with E-state index in [1.54, 1.807) is 0 Å². The molecule has 0 spiro atoms. The molecule has 1 N–H and O–H groups in total. The Morgan fingerprint density at radius 2 is 1.65 bits per heavy atom. The first-order valence-corrected chi connectivity index (χ1v) is 9.31. The van der Waals surface area contributed by atoms with Crippen molar-refractivity contribution in [2.45, 2.75) is 24.1 Å². The van der Waals surface area contributed by atoms with Crippen LogP contribution in [0.4, 0.5) is 18.9 Å². The van der Waals surface area contributed by atoms with Crippen LogP contribution in [-0.4, -0.2) is 32.9 Å². The fourth-order valence-electron chi connectivity index (χ4n) is 1.98. The number of carbonyl (C=O) groups excluding carboxylic acids is 1. The monoisotopic (exact) mass is 387 g/mol. The summed E-state index contributed by atoms with van der Waals surface area (Å²) in [6.45, 7) is 0.864. The van der Waals surface area contributed by atoms with Crippen LogP contribution in [0.5, 0.6) is 5.75 Å². The number of amides is 1. The molecule has 2 aromatic rings. The molecule has 0 aliphatic carbocycles. The topological polar surface area (TPSA) is 72.5 Å². The minimum absolute atomic E-state index is 0.0526. The van der Waals surface area contributed by atoms with E-state index < -0.39 is 28.0 Å². The van der Waals surface area contributed by atoms with Gasteiger partial charge >= 0.3 is 6.18 Å². The first-order valence-electron chi connectivity index (χ1n) is 7.42. The van der Waals surface area contributed by atoms with Crippen LogP contribution in [0.15, 0.2) is 53.4 Å². The van der Waals surface area contributed by atoms with E-state index in [1.807, 2.05) is 0 Å². The molecule has 9 heteroatoms. The van der Waals surface area contributed by atoms with E-state index in [2.05, 4.69) is 5.32 Å². The van der Waals surface area contributed by atoms with E-state index in [4.69, 9.17) is 4.74 Å². The third-order valence-corrected chi connectivity index (χ3v) is 4.57. The number of carbonyl (C=O) groups is 1. The van der Waals surface area contributed by atoms with Crippen molar-refractivity contribution in [1.82, 2.24) is 0 Å². The Balaban J connectivity index is 2.19. The maximum Gasteiger partial charge on any atom is 0.425 e. The Bertz CT molecular complexity index is 893. The summed E-state index contributed by atoms with van der Waals surface area (Å²) in [5.41, 5.74) is 0.219. The second-order valence-electron chi connectivity index (χ2n) is 5.55. The molecule has 0 bridgehead atoms. The minimum atomic E-state index is -4.54. The highest BCUT2D eigenvalue weighted by Crippen LogP contribution is 2.30. The van der Waals surface area contributed by atoms with Crippen LogP contribution in [0, 0.1) is 0 Å². The Morgan fingerprint density at radius 3 is 2.19 bits per heavy atom. The molecule has 1 amide bonds. The van der Waals surface area contributed by atoms with E-state index in [0.717, 1.165) is 13.2 Å². The lowest BCUT2D eigenvalue weighted by atomic mass is 10.2. The highest BCUT2D eigenvalue weighted by atomic mass is 32.2. The normalized spacial score (nSPS) is 13.1.